The number of nitrogens with two attached hydrogens (primary N) is 2. The molecular weight excluding hydrogens is 732 g/mol. The summed E-state index contributed by atoms with van der Waals surface area (Å²) in [5.41, 5.74) is 11.4. The van der Waals surface area contributed by atoms with Crippen molar-refractivity contribution in [1.82, 2.24) is 31.1 Å². The molecule has 0 unspecified atom stereocenters. The van der Waals surface area contributed by atoms with Crippen LogP contribution >= 0.6 is 0 Å². The first-order valence-electron chi connectivity index (χ1n) is 18.8. The van der Waals surface area contributed by atoms with Crippen LogP contribution in [0.15, 0.2) is 30.3 Å². The van der Waals surface area contributed by atoms with E-state index in [2.05, 4.69) is 21.3 Å². The van der Waals surface area contributed by atoms with Gasteiger partial charge in [-0.1, -0.05) is 44.2 Å². The summed E-state index contributed by atoms with van der Waals surface area (Å²) in [4.78, 5) is 119. The van der Waals surface area contributed by atoms with Crippen molar-refractivity contribution >= 4 is 53.3 Å². The first-order valence-corrected chi connectivity index (χ1v) is 18.8. The third-order valence-corrected chi connectivity index (χ3v) is 9.68. The number of hydrogen-bond acceptors (Lipinski definition) is 10. The van der Waals surface area contributed by atoms with Gasteiger partial charge in [0.05, 0.1) is 6.54 Å². The van der Waals surface area contributed by atoms with Gasteiger partial charge in [0.1, 0.15) is 36.3 Å². The quantitative estimate of drug-likeness (QED) is 0.0697. The van der Waals surface area contributed by atoms with Crippen LogP contribution in [0, 0.1) is 5.92 Å². The zero-order chi connectivity index (χ0) is 41.5. The van der Waals surface area contributed by atoms with Crippen LogP contribution in [-0.4, -0.2) is 129 Å². The fourth-order valence-electron chi connectivity index (χ4n) is 6.88. The smallest absolute Gasteiger partial charge is 0.326 e. The predicted molar refractivity (Wildman–Crippen MR) is 199 cm³/mol. The number of hydrogen-bond donors (Lipinski definition) is 8. The molecule has 3 rings (SSSR count). The van der Waals surface area contributed by atoms with E-state index in [1.807, 2.05) is 0 Å². The number of amides is 7. The van der Waals surface area contributed by atoms with E-state index in [9.17, 15) is 48.3 Å². The highest BCUT2D eigenvalue weighted by Crippen LogP contribution is 2.26. The molecule has 1 aromatic carbocycles. The van der Waals surface area contributed by atoms with E-state index in [1.165, 1.54) is 9.80 Å². The highest BCUT2D eigenvalue weighted by Gasteiger charge is 2.44. The lowest BCUT2D eigenvalue weighted by Crippen LogP contribution is -2.60. The largest absolute Gasteiger partial charge is 0.481 e. The highest BCUT2D eigenvalue weighted by atomic mass is 16.4. The second-order valence-corrected chi connectivity index (χ2v) is 14.5. The van der Waals surface area contributed by atoms with E-state index in [1.54, 1.807) is 44.2 Å². The van der Waals surface area contributed by atoms with Gasteiger partial charge in [0.2, 0.25) is 41.4 Å². The zero-order valence-electron chi connectivity index (χ0n) is 31.7. The van der Waals surface area contributed by atoms with Gasteiger partial charge >= 0.3 is 11.9 Å². The number of carboxylic acids is 2. The standard InChI is InChI=1S/C37H54N8O11/c1-21(2)18-25(42-32(50)23(13-15-31(48)49)40-30(47)20-38)34(52)41-24(12-14-29(39)46)33(51)43-26(19-22-8-4-3-5-9-22)35(53)44-16-6-10-27(44)36(54)45-17-7-11-28(45)37(55)56/h3-5,8-9,21,23-28H,6-7,10-20,38H2,1-2H3,(H2,39,46)(H,40,47)(H,41,52)(H,42,50)(H,43,51)(H,48,49)(H,55,56)/t23-,24-,25-,26-,27-,28-/m0/s1. The van der Waals surface area contributed by atoms with Crippen molar-refractivity contribution in [2.24, 2.45) is 17.4 Å². The summed E-state index contributed by atoms with van der Waals surface area (Å²) >= 11 is 0. The molecule has 6 atom stereocenters. The summed E-state index contributed by atoms with van der Waals surface area (Å²) in [6, 6.07) is 1.47. The van der Waals surface area contributed by atoms with Crippen molar-refractivity contribution in [3.63, 3.8) is 0 Å². The molecule has 0 radical (unpaired) electrons. The molecule has 1 aromatic rings. The first-order chi connectivity index (χ1) is 26.5. The third kappa shape index (κ3) is 13.3. The maximum Gasteiger partial charge on any atom is 0.326 e. The lowest BCUT2D eigenvalue weighted by atomic mass is 10.0. The molecule has 2 fully saturated rings. The lowest BCUT2D eigenvalue weighted by Gasteiger charge is -2.33. The number of nitrogens with one attached hydrogen (secondary N) is 4. The molecule has 0 aromatic heterocycles. The number of carboxylic acid groups (broad SMARTS) is 2. The number of primary amides is 1. The maximum atomic E-state index is 14.3. The Hall–Kier alpha value is -5.59. The molecule has 19 heteroatoms. The minimum atomic E-state index is -1.44. The second kappa shape index (κ2) is 21.5. The Morgan fingerprint density at radius 1 is 0.732 bits per heavy atom. The van der Waals surface area contributed by atoms with Gasteiger partial charge < -0.3 is 52.7 Å². The maximum absolute atomic E-state index is 14.3. The molecule has 2 heterocycles. The van der Waals surface area contributed by atoms with Gasteiger partial charge in [0, 0.05) is 32.4 Å². The van der Waals surface area contributed by atoms with Gasteiger partial charge in [-0.05, 0) is 56.4 Å². The van der Waals surface area contributed by atoms with Gasteiger partial charge in [-0.15, -0.1) is 0 Å². The van der Waals surface area contributed by atoms with Crippen LogP contribution in [0.25, 0.3) is 0 Å². The van der Waals surface area contributed by atoms with Crippen molar-refractivity contribution in [1.29, 1.82) is 0 Å². The average Bonchev–Trinajstić information content (AvgIpc) is 3.85. The molecule has 56 heavy (non-hydrogen) atoms. The lowest BCUT2D eigenvalue weighted by molar-refractivity contribution is -0.152. The summed E-state index contributed by atoms with van der Waals surface area (Å²) in [6.07, 6.45) is 0.197. The van der Waals surface area contributed by atoms with Gasteiger partial charge in [-0.25, -0.2) is 4.79 Å². The molecule has 2 aliphatic heterocycles. The molecule has 2 aliphatic rings. The molecule has 0 spiro atoms. The Kier molecular flexibility index (Phi) is 17.2. The molecule has 7 amide bonds. The summed E-state index contributed by atoms with van der Waals surface area (Å²) < 4.78 is 0. The van der Waals surface area contributed by atoms with E-state index < -0.39 is 103 Å². The topological polar surface area (TPSA) is 301 Å². The minimum Gasteiger partial charge on any atom is -0.481 e. The molecule has 0 aliphatic carbocycles. The minimum absolute atomic E-state index is 0.0148. The molecule has 0 saturated carbocycles. The van der Waals surface area contributed by atoms with Gasteiger partial charge in [-0.2, -0.15) is 0 Å². The van der Waals surface area contributed by atoms with E-state index in [4.69, 9.17) is 16.6 Å². The Labute approximate surface area is 324 Å². The number of likely N-dealkylation sites (tertiary alicyclic amines) is 2. The van der Waals surface area contributed by atoms with E-state index in [-0.39, 0.29) is 51.1 Å². The van der Waals surface area contributed by atoms with Crippen LogP contribution in [0.2, 0.25) is 0 Å². The monoisotopic (exact) mass is 786 g/mol. The third-order valence-electron chi connectivity index (χ3n) is 9.68. The number of rotatable bonds is 21. The number of aliphatic carboxylic acids is 2. The first kappa shape index (κ1) is 44.8. The summed E-state index contributed by atoms with van der Waals surface area (Å²) in [7, 11) is 0. The van der Waals surface area contributed by atoms with Crippen LogP contribution in [-0.2, 0) is 49.6 Å². The van der Waals surface area contributed by atoms with E-state index in [0.717, 1.165) is 0 Å². The van der Waals surface area contributed by atoms with Gasteiger partial charge in [0.15, 0.2) is 0 Å². The zero-order valence-corrected chi connectivity index (χ0v) is 31.7. The van der Waals surface area contributed by atoms with Crippen LogP contribution in [0.3, 0.4) is 0 Å². The molecule has 2 saturated heterocycles. The summed E-state index contributed by atoms with van der Waals surface area (Å²) in [6.45, 7) is 3.48. The molecule has 10 N–H and O–H groups in total. The molecular formula is C37H54N8O11. The Bertz CT molecular complexity index is 1610. The summed E-state index contributed by atoms with van der Waals surface area (Å²) in [5, 5.41) is 29.0. The Balaban J connectivity index is 1.88. The van der Waals surface area contributed by atoms with E-state index >= 15 is 0 Å². The SMILES string of the molecule is CC(C)C[C@H](NC(=O)[C@H](CCC(=O)O)NC(=O)CN)C(=O)N[C@@H](CCC(N)=O)C(=O)N[C@@H](Cc1ccccc1)C(=O)N1CCC[C@H]1C(=O)N1CCC[C@H]1C(=O)O. The van der Waals surface area contributed by atoms with Crippen LogP contribution in [0.1, 0.15) is 77.2 Å². The highest BCUT2D eigenvalue weighted by molar-refractivity contribution is 5.97. The Morgan fingerprint density at radius 2 is 1.27 bits per heavy atom. The van der Waals surface area contributed by atoms with Crippen molar-refractivity contribution in [3.05, 3.63) is 35.9 Å². The molecule has 0 bridgehead atoms. The van der Waals surface area contributed by atoms with Crippen molar-refractivity contribution in [2.75, 3.05) is 19.6 Å². The second-order valence-electron chi connectivity index (χ2n) is 14.5. The fraction of sp³-hybridized carbons (Fsp3) is 0.595. The number of carbonyl (C=O) groups excluding carboxylic acids is 7. The van der Waals surface area contributed by atoms with Crippen LogP contribution in [0.5, 0.6) is 0 Å². The predicted octanol–water partition coefficient (Wildman–Crippen LogP) is -1.63. The van der Waals surface area contributed by atoms with Crippen molar-refractivity contribution < 1.29 is 53.4 Å². The van der Waals surface area contributed by atoms with Gasteiger partial charge in [0.25, 0.3) is 0 Å². The fourth-order valence-corrected chi connectivity index (χ4v) is 6.88. The normalized spacial score (nSPS) is 18.6. The number of nitrogens with zero attached hydrogens (tertiary/aromatic N) is 2. The van der Waals surface area contributed by atoms with Crippen LogP contribution in [0.4, 0.5) is 0 Å². The number of carbonyl (C=O) groups is 9. The molecule has 308 valence electrons. The van der Waals surface area contributed by atoms with Crippen molar-refractivity contribution in [3.8, 4) is 0 Å². The summed E-state index contributed by atoms with van der Waals surface area (Å²) in [5.74, 6) is -7.68. The average molecular weight is 787 g/mol. The van der Waals surface area contributed by atoms with E-state index in [0.29, 0.717) is 31.2 Å². The van der Waals surface area contributed by atoms with Crippen LogP contribution < -0.4 is 32.7 Å². The van der Waals surface area contributed by atoms with Gasteiger partial charge in [-0.3, -0.25) is 38.4 Å². The van der Waals surface area contributed by atoms with Crippen molar-refractivity contribution in [2.45, 2.75) is 114 Å². The molecule has 19 nitrogen and oxygen atoms in total. The number of benzene rings is 1. The Morgan fingerprint density at radius 3 is 1.84 bits per heavy atom.